The summed E-state index contributed by atoms with van der Waals surface area (Å²) in [6.07, 6.45) is 9.10. The highest BCUT2D eigenvalue weighted by Crippen LogP contribution is 2.37. The number of phenolic OH excluding ortho intramolecular Hbond substituents is 1. The van der Waals surface area contributed by atoms with Crippen LogP contribution < -0.4 is 15.1 Å². The third-order valence-electron chi connectivity index (χ3n) is 5.27. The Bertz CT molecular complexity index is 1070. The molecule has 0 bridgehead atoms. The molecule has 0 atom stereocenters. The SMILES string of the molecule is CCCCCCCCCCOc1c(OC(=O)c2ccccc2)c2cccc(O)c2oc1=O. The molecule has 1 N–H and O–H groups in total. The number of para-hydroxylation sites is 1. The lowest BCUT2D eigenvalue weighted by Crippen LogP contribution is -2.15. The standard InChI is InChI=1S/C26H30O6/c1-2-3-4-5-6-7-8-12-18-30-24-23(32-25(28)19-14-10-9-11-15-19)20-16-13-17-21(27)22(20)31-26(24)29/h9-11,13-17,27H,2-8,12,18H2,1H3. The van der Waals surface area contributed by atoms with Crippen LogP contribution in [0.2, 0.25) is 0 Å². The fourth-order valence-electron chi connectivity index (χ4n) is 3.53. The quantitative estimate of drug-likeness (QED) is 0.205. The van der Waals surface area contributed by atoms with Gasteiger partial charge in [-0.2, -0.15) is 0 Å². The zero-order valence-electron chi connectivity index (χ0n) is 18.5. The molecule has 0 aliphatic carbocycles. The number of benzene rings is 2. The Morgan fingerprint density at radius 3 is 2.28 bits per heavy atom. The summed E-state index contributed by atoms with van der Waals surface area (Å²) in [5, 5.41) is 10.4. The zero-order chi connectivity index (χ0) is 22.8. The van der Waals surface area contributed by atoms with E-state index in [-0.39, 0.29) is 22.8 Å². The molecule has 6 nitrogen and oxygen atoms in total. The fourth-order valence-corrected chi connectivity index (χ4v) is 3.53. The normalized spacial score (nSPS) is 10.9. The van der Waals surface area contributed by atoms with Gasteiger partial charge in [0.05, 0.1) is 17.6 Å². The molecule has 1 heterocycles. The molecular formula is C26H30O6. The van der Waals surface area contributed by atoms with E-state index >= 15 is 0 Å². The first-order chi connectivity index (χ1) is 15.6. The molecule has 0 fully saturated rings. The second-order valence-electron chi connectivity index (χ2n) is 7.78. The summed E-state index contributed by atoms with van der Waals surface area (Å²) in [6.45, 7) is 2.51. The number of hydrogen-bond acceptors (Lipinski definition) is 6. The van der Waals surface area contributed by atoms with Gasteiger partial charge in [-0.05, 0) is 30.7 Å². The summed E-state index contributed by atoms with van der Waals surface area (Å²) in [6, 6.07) is 13.1. The molecule has 3 aromatic rings. The number of unbranched alkanes of at least 4 members (excludes halogenated alkanes) is 7. The van der Waals surface area contributed by atoms with Crippen molar-refractivity contribution in [1.29, 1.82) is 0 Å². The van der Waals surface area contributed by atoms with Gasteiger partial charge >= 0.3 is 11.6 Å². The molecule has 0 radical (unpaired) electrons. The van der Waals surface area contributed by atoms with Crippen LogP contribution in [0.25, 0.3) is 11.0 Å². The van der Waals surface area contributed by atoms with Gasteiger partial charge in [0.25, 0.3) is 0 Å². The van der Waals surface area contributed by atoms with Crippen LogP contribution in [0, 0.1) is 0 Å². The molecule has 6 heteroatoms. The lowest BCUT2D eigenvalue weighted by atomic mass is 10.1. The van der Waals surface area contributed by atoms with Gasteiger partial charge in [0.2, 0.25) is 5.75 Å². The number of rotatable bonds is 12. The van der Waals surface area contributed by atoms with Gasteiger partial charge in [-0.15, -0.1) is 0 Å². The summed E-state index contributed by atoms with van der Waals surface area (Å²) in [5.41, 5.74) is -0.509. The lowest BCUT2D eigenvalue weighted by molar-refractivity contribution is 0.0729. The predicted molar refractivity (Wildman–Crippen MR) is 124 cm³/mol. The van der Waals surface area contributed by atoms with Crippen LogP contribution in [0.3, 0.4) is 0 Å². The Kier molecular flexibility index (Phi) is 8.72. The van der Waals surface area contributed by atoms with Crippen molar-refractivity contribution in [3.8, 4) is 17.2 Å². The van der Waals surface area contributed by atoms with E-state index in [1.807, 2.05) is 0 Å². The van der Waals surface area contributed by atoms with Crippen LogP contribution in [0.5, 0.6) is 17.2 Å². The van der Waals surface area contributed by atoms with Crippen LogP contribution >= 0.6 is 0 Å². The van der Waals surface area contributed by atoms with Crippen molar-refractivity contribution in [3.05, 3.63) is 64.5 Å². The lowest BCUT2D eigenvalue weighted by Gasteiger charge is -2.13. The van der Waals surface area contributed by atoms with E-state index in [2.05, 4.69) is 6.92 Å². The highest BCUT2D eigenvalue weighted by atomic mass is 16.6. The Labute approximate surface area is 187 Å². The summed E-state index contributed by atoms with van der Waals surface area (Å²) in [5.74, 6) is -1.04. The van der Waals surface area contributed by atoms with Crippen molar-refractivity contribution in [1.82, 2.24) is 0 Å². The van der Waals surface area contributed by atoms with E-state index in [0.29, 0.717) is 17.6 Å². The van der Waals surface area contributed by atoms with Gasteiger partial charge in [0.15, 0.2) is 17.1 Å². The van der Waals surface area contributed by atoms with Crippen molar-refractivity contribution < 1.29 is 23.8 Å². The average Bonchev–Trinajstić information content (AvgIpc) is 2.80. The molecule has 32 heavy (non-hydrogen) atoms. The van der Waals surface area contributed by atoms with Crippen molar-refractivity contribution in [2.24, 2.45) is 0 Å². The minimum absolute atomic E-state index is 0.0411. The predicted octanol–water partition coefficient (Wildman–Crippen LogP) is 6.24. The topological polar surface area (TPSA) is 86.0 Å². The van der Waals surface area contributed by atoms with E-state index in [0.717, 1.165) is 19.3 Å². The molecule has 0 amide bonds. The first kappa shape index (κ1) is 23.4. The minimum Gasteiger partial charge on any atom is -0.504 e. The van der Waals surface area contributed by atoms with E-state index in [1.165, 1.54) is 38.2 Å². The number of esters is 1. The van der Waals surface area contributed by atoms with Gasteiger partial charge in [0.1, 0.15) is 0 Å². The van der Waals surface area contributed by atoms with Crippen LogP contribution in [-0.4, -0.2) is 17.7 Å². The number of carbonyl (C=O) groups is 1. The van der Waals surface area contributed by atoms with Crippen LogP contribution in [-0.2, 0) is 0 Å². The summed E-state index contributed by atoms with van der Waals surface area (Å²) in [4.78, 5) is 25.3. The molecule has 0 unspecified atom stereocenters. The van der Waals surface area contributed by atoms with Crippen molar-refractivity contribution in [2.75, 3.05) is 6.61 Å². The number of phenols is 1. The number of carbonyl (C=O) groups excluding carboxylic acids is 1. The molecule has 2 aromatic carbocycles. The Morgan fingerprint density at radius 1 is 0.875 bits per heavy atom. The third-order valence-corrected chi connectivity index (χ3v) is 5.27. The van der Waals surface area contributed by atoms with Crippen molar-refractivity contribution in [2.45, 2.75) is 58.3 Å². The molecule has 0 aliphatic rings. The maximum absolute atomic E-state index is 12.7. The largest absolute Gasteiger partial charge is 0.504 e. The maximum atomic E-state index is 12.7. The molecule has 1 aromatic heterocycles. The monoisotopic (exact) mass is 438 g/mol. The van der Waals surface area contributed by atoms with E-state index in [1.54, 1.807) is 42.5 Å². The van der Waals surface area contributed by atoms with Crippen LogP contribution in [0.4, 0.5) is 0 Å². The van der Waals surface area contributed by atoms with Crippen LogP contribution in [0.1, 0.15) is 68.6 Å². The first-order valence-electron chi connectivity index (χ1n) is 11.3. The number of ether oxygens (including phenoxy) is 2. The number of fused-ring (bicyclic) bond motifs is 1. The van der Waals surface area contributed by atoms with Crippen molar-refractivity contribution >= 4 is 16.9 Å². The molecular weight excluding hydrogens is 408 g/mol. The van der Waals surface area contributed by atoms with Gasteiger partial charge in [-0.1, -0.05) is 76.1 Å². The smallest absolute Gasteiger partial charge is 0.383 e. The van der Waals surface area contributed by atoms with Gasteiger partial charge in [-0.25, -0.2) is 9.59 Å². The highest BCUT2D eigenvalue weighted by molar-refractivity contribution is 5.96. The molecule has 0 spiro atoms. The summed E-state index contributed by atoms with van der Waals surface area (Å²) in [7, 11) is 0. The highest BCUT2D eigenvalue weighted by Gasteiger charge is 2.22. The third kappa shape index (κ3) is 6.13. The molecule has 0 saturated carbocycles. The van der Waals surface area contributed by atoms with Crippen LogP contribution in [0.15, 0.2) is 57.7 Å². The van der Waals surface area contributed by atoms with Crippen molar-refractivity contribution in [3.63, 3.8) is 0 Å². The number of hydrogen-bond donors (Lipinski definition) is 1. The summed E-state index contributed by atoms with van der Waals surface area (Å²) >= 11 is 0. The Balaban J connectivity index is 1.73. The molecule has 0 aliphatic heterocycles. The number of aromatic hydroxyl groups is 1. The summed E-state index contributed by atoms with van der Waals surface area (Å²) < 4.78 is 16.6. The average molecular weight is 439 g/mol. The first-order valence-corrected chi connectivity index (χ1v) is 11.3. The Hall–Kier alpha value is -3.28. The molecule has 0 saturated heterocycles. The van der Waals surface area contributed by atoms with Gasteiger partial charge in [-0.3, -0.25) is 0 Å². The van der Waals surface area contributed by atoms with Gasteiger partial charge in [0, 0.05) is 0 Å². The second-order valence-corrected chi connectivity index (χ2v) is 7.78. The molecule has 170 valence electrons. The molecule has 3 rings (SSSR count). The zero-order valence-corrected chi connectivity index (χ0v) is 18.5. The second kappa shape index (κ2) is 11.9. The van der Waals surface area contributed by atoms with Gasteiger partial charge < -0.3 is 19.0 Å². The Morgan fingerprint density at radius 2 is 1.56 bits per heavy atom. The maximum Gasteiger partial charge on any atom is 0.383 e. The minimum atomic E-state index is -0.797. The fraction of sp³-hybridized carbons (Fsp3) is 0.385. The van der Waals surface area contributed by atoms with E-state index in [4.69, 9.17) is 13.9 Å². The van der Waals surface area contributed by atoms with E-state index < -0.39 is 11.6 Å². The van der Waals surface area contributed by atoms with E-state index in [9.17, 15) is 14.7 Å².